The van der Waals surface area contributed by atoms with Crippen molar-refractivity contribution in [2.75, 3.05) is 11.4 Å². The number of nitro groups is 1. The van der Waals surface area contributed by atoms with Crippen molar-refractivity contribution in [2.45, 2.75) is 25.5 Å². The minimum absolute atomic E-state index is 0.0143. The van der Waals surface area contributed by atoms with Crippen LogP contribution in [0.15, 0.2) is 12.3 Å². The summed E-state index contributed by atoms with van der Waals surface area (Å²) in [7, 11) is 0. The average molecular weight is 267 g/mol. The van der Waals surface area contributed by atoms with Gasteiger partial charge < -0.3 is 15.1 Å². The van der Waals surface area contributed by atoms with E-state index in [2.05, 4.69) is 4.98 Å². The minimum atomic E-state index is -1.13. The molecular weight excluding hydrogens is 254 g/mol. The Balaban J connectivity index is 2.46. The second-order valence-corrected chi connectivity index (χ2v) is 4.51. The molecule has 8 nitrogen and oxygen atoms in total. The number of nitrogens with zero attached hydrogens (tertiary/aromatic N) is 3. The first-order valence-electron chi connectivity index (χ1n) is 5.68. The van der Waals surface area contributed by atoms with Gasteiger partial charge in [0.25, 0.3) is 0 Å². The van der Waals surface area contributed by atoms with Crippen LogP contribution in [0.3, 0.4) is 0 Å². The highest BCUT2D eigenvalue weighted by atomic mass is 16.6. The molecule has 2 N–H and O–H groups in total. The number of hydrogen-bond acceptors (Lipinski definition) is 6. The first-order chi connectivity index (χ1) is 8.90. The molecule has 1 aromatic rings. The number of aromatic nitrogens is 1. The fourth-order valence-electron chi connectivity index (χ4n) is 2.18. The van der Waals surface area contributed by atoms with Crippen molar-refractivity contribution in [3.05, 3.63) is 27.9 Å². The number of carboxylic acids is 1. The molecule has 102 valence electrons. The zero-order chi connectivity index (χ0) is 14.2. The fraction of sp³-hybridized carbons (Fsp3) is 0.455. The van der Waals surface area contributed by atoms with Gasteiger partial charge >= 0.3 is 11.7 Å². The molecule has 0 bridgehead atoms. The lowest BCUT2D eigenvalue weighted by Crippen LogP contribution is -2.37. The maximum absolute atomic E-state index is 11.1. The third-order valence-corrected chi connectivity index (χ3v) is 3.02. The quantitative estimate of drug-likeness (QED) is 0.598. The summed E-state index contributed by atoms with van der Waals surface area (Å²) in [5, 5.41) is 29.7. The summed E-state index contributed by atoms with van der Waals surface area (Å²) in [4.78, 5) is 26.8. The van der Waals surface area contributed by atoms with Crippen molar-refractivity contribution in [3.8, 4) is 0 Å². The topological polar surface area (TPSA) is 117 Å². The van der Waals surface area contributed by atoms with Crippen molar-refractivity contribution >= 4 is 17.5 Å². The summed E-state index contributed by atoms with van der Waals surface area (Å²) in [6, 6.07) is 0.343. The molecule has 1 aromatic heterocycles. The number of rotatable bonds is 3. The van der Waals surface area contributed by atoms with Crippen molar-refractivity contribution in [1.29, 1.82) is 0 Å². The number of β-amino-alcohol motifs (C(OH)–C–C–N with tert-alkyl or cyclic N) is 1. The number of aliphatic carboxylic acids is 1. The van der Waals surface area contributed by atoms with Crippen LogP contribution in [-0.2, 0) is 4.79 Å². The molecule has 8 heteroatoms. The summed E-state index contributed by atoms with van der Waals surface area (Å²) in [5.41, 5.74) is 0.363. The third kappa shape index (κ3) is 2.48. The third-order valence-electron chi connectivity index (χ3n) is 3.02. The van der Waals surface area contributed by atoms with Gasteiger partial charge in [0.1, 0.15) is 6.04 Å². The van der Waals surface area contributed by atoms with E-state index >= 15 is 0 Å². The van der Waals surface area contributed by atoms with Crippen LogP contribution in [0.4, 0.5) is 11.5 Å². The number of carboxylic acid groups (broad SMARTS) is 1. The Morgan fingerprint density at radius 1 is 1.63 bits per heavy atom. The van der Waals surface area contributed by atoms with Crippen molar-refractivity contribution < 1.29 is 19.9 Å². The number of hydrogen-bond donors (Lipinski definition) is 2. The van der Waals surface area contributed by atoms with Crippen molar-refractivity contribution in [3.63, 3.8) is 0 Å². The average Bonchev–Trinajstić information content (AvgIpc) is 2.71. The minimum Gasteiger partial charge on any atom is -0.480 e. The summed E-state index contributed by atoms with van der Waals surface area (Å²) < 4.78 is 0. The van der Waals surface area contributed by atoms with Crippen LogP contribution in [0.2, 0.25) is 0 Å². The van der Waals surface area contributed by atoms with Gasteiger partial charge in [-0.2, -0.15) is 0 Å². The van der Waals surface area contributed by atoms with E-state index in [0.717, 1.165) is 0 Å². The zero-order valence-corrected chi connectivity index (χ0v) is 10.2. The molecule has 1 aliphatic heterocycles. The fourth-order valence-corrected chi connectivity index (χ4v) is 2.18. The molecule has 19 heavy (non-hydrogen) atoms. The predicted molar refractivity (Wildman–Crippen MR) is 65.0 cm³/mol. The second-order valence-electron chi connectivity index (χ2n) is 4.51. The van der Waals surface area contributed by atoms with E-state index in [1.807, 2.05) is 0 Å². The van der Waals surface area contributed by atoms with Crippen molar-refractivity contribution in [2.24, 2.45) is 0 Å². The molecule has 0 spiro atoms. The van der Waals surface area contributed by atoms with Crippen LogP contribution in [-0.4, -0.2) is 44.8 Å². The molecule has 2 unspecified atom stereocenters. The second kappa shape index (κ2) is 4.81. The number of aliphatic hydroxyl groups is 1. The van der Waals surface area contributed by atoms with E-state index in [1.165, 1.54) is 17.2 Å². The Morgan fingerprint density at radius 3 is 2.89 bits per heavy atom. The molecule has 0 radical (unpaired) electrons. The number of aryl methyl sites for hydroxylation is 1. The Kier molecular flexibility index (Phi) is 3.34. The molecule has 2 atom stereocenters. The summed E-state index contributed by atoms with van der Waals surface area (Å²) in [6.45, 7) is 1.69. The van der Waals surface area contributed by atoms with E-state index < -0.39 is 23.0 Å². The SMILES string of the molecule is Cc1cnc(N2CC(O)CC2C(=O)O)c([N+](=O)[O-])c1. The highest BCUT2D eigenvalue weighted by Crippen LogP contribution is 2.32. The maximum Gasteiger partial charge on any atom is 0.326 e. The highest BCUT2D eigenvalue weighted by molar-refractivity contribution is 5.80. The molecule has 2 heterocycles. The summed E-state index contributed by atoms with van der Waals surface area (Å²) in [5.74, 6) is -1.15. The highest BCUT2D eigenvalue weighted by Gasteiger charge is 2.39. The Morgan fingerprint density at radius 2 is 2.32 bits per heavy atom. The van der Waals surface area contributed by atoms with E-state index in [-0.39, 0.29) is 24.5 Å². The lowest BCUT2D eigenvalue weighted by atomic mass is 10.2. The summed E-state index contributed by atoms with van der Waals surface area (Å²) >= 11 is 0. The standard InChI is InChI=1S/C11H13N3O5/c1-6-2-8(14(18)19)10(12-4-6)13-5-7(15)3-9(13)11(16)17/h2,4,7,9,15H,3,5H2,1H3,(H,16,17). The first kappa shape index (κ1) is 13.2. The van der Waals surface area contributed by atoms with Gasteiger partial charge in [0.05, 0.1) is 11.0 Å². The smallest absolute Gasteiger partial charge is 0.326 e. The van der Waals surface area contributed by atoms with Crippen LogP contribution in [0, 0.1) is 17.0 Å². The van der Waals surface area contributed by atoms with Gasteiger partial charge in [0.2, 0.25) is 5.82 Å². The number of aliphatic hydroxyl groups excluding tert-OH is 1. The van der Waals surface area contributed by atoms with E-state index in [4.69, 9.17) is 5.11 Å². The van der Waals surface area contributed by atoms with Gasteiger partial charge in [-0.3, -0.25) is 10.1 Å². The van der Waals surface area contributed by atoms with Gasteiger partial charge in [0, 0.05) is 25.2 Å². The Bertz CT molecular complexity index is 533. The Hall–Kier alpha value is -2.22. The first-order valence-corrected chi connectivity index (χ1v) is 5.68. The molecule has 0 amide bonds. The molecule has 0 aliphatic carbocycles. The number of anilines is 1. The molecule has 1 saturated heterocycles. The van der Waals surface area contributed by atoms with Gasteiger partial charge in [-0.1, -0.05) is 0 Å². The zero-order valence-electron chi connectivity index (χ0n) is 10.2. The monoisotopic (exact) mass is 267 g/mol. The van der Waals surface area contributed by atoms with Crippen LogP contribution < -0.4 is 4.90 Å². The van der Waals surface area contributed by atoms with Crippen molar-refractivity contribution in [1.82, 2.24) is 4.98 Å². The van der Waals surface area contributed by atoms with Crippen LogP contribution in [0.5, 0.6) is 0 Å². The Labute approximate surface area is 108 Å². The van der Waals surface area contributed by atoms with Gasteiger partial charge in [-0.05, 0) is 12.5 Å². The molecule has 1 aliphatic rings. The normalized spacial score (nSPS) is 22.5. The molecule has 1 fully saturated rings. The van der Waals surface area contributed by atoms with Gasteiger partial charge in [-0.15, -0.1) is 0 Å². The van der Waals surface area contributed by atoms with E-state index in [0.29, 0.717) is 5.56 Å². The molecule has 0 saturated carbocycles. The van der Waals surface area contributed by atoms with Crippen LogP contribution in [0.1, 0.15) is 12.0 Å². The lowest BCUT2D eigenvalue weighted by Gasteiger charge is -2.21. The van der Waals surface area contributed by atoms with Crippen LogP contribution >= 0.6 is 0 Å². The molecule has 2 rings (SSSR count). The van der Waals surface area contributed by atoms with Crippen LogP contribution in [0.25, 0.3) is 0 Å². The number of carbonyl (C=O) groups is 1. The van der Waals surface area contributed by atoms with Gasteiger partial charge in [-0.25, -0.2) is 9.78 Å². The molecular formula is C11H13N3O5. The predicted octanol–water partition coefficient (Wildman–Crippen LogP) is 0.322. The maximum atomic E-state index is 11.1. The lowest BCUT2D eigenvalue weighted by molar-refractivity contribution is -0.384. The molecule has 0 aromatic carbocycles. The van der Waals surface area contributed by atoms with E-state index in [9.17, 15) is 20.0 Å². The largest absolute Gasteiger partial charge is 0.480 e. The summed E-state index contributed by atoms with van der Waals surface area (Å²) in [6.07, 6.45) is 0.636. The van der Waals surface area contributed by atoms with E-state index in [1.54, 1.807) is 6.92 Å². The van der Waals surface area contributed by atoms with Gasteiger partial charge in [0.15, 0.2) is 0 Å². The number of pyridine rings is 1.